The fourth-order valence-corrected chi connectivity index (χ4v) is 2.78. The summed E-state index contributed by atoms with van der Waals surface area (Å²) in [6.45, 7) is 0. The second kappa shape index (κ2) is 5.50. The van der Waals surface area contributed by atoms with E-state index in [-0.39, 0.29) is 10.6 Å². The smallest absolute Gasteiger partial charge is 0.257 e. The Morgan fingerprint density at radius 3 is 2.64 bits per heavy atom. The van der Waals surface area contributed by atoms with Gasteiger partial charge >= 0.3 is 0 Å². The highest BCUT2D eigenvalue weighted by Gasteiger charge is 2.13. The molecule has 0 aliphatic rings. The van der Waals surface area contributed by atoms with Gasteiger partial charge in [-0.15, -0.1) is 0 Å². The zero-order chi connectivity index (χ0) is 15.7. The predicted octanol–water partition coefficient (Wildman–Crippen LogP) is 3.70. The second-order valence-electron chi connectivity index (χ2n) is 4.40. The monoisotopic (exact) mass is 315 g/mol. The van der Waals surface area contributed by atoms with E-state index in [2.05, 4.69) is 10.3 Å². The molecule has 0 bridgehead atoms. The van der Waals surface area contributed by atoms with Crippen molar-refractivity contribution < 1.29 is 13.6 Å². The fourth-order valence-electron chi connectivity index (χ4n) is 1.88. The topological polar surface area (TPSA) is 65.8 Å². The molecule has 108 valence electrons. The normalized spacial score (nSPS) is 10.4. The van der Waals surface area contributed by atoms with Gasteiger partial charge in [-0.25, -0.2) is 13.8 Å². The number of benzene rings is 2. The van der Waals surface area contributed by atoms with Crippen LogP contribution in [0.2, 0.25) is 0 Å². The number of hydrogen-bond donors (Lipinski definition) is 1. The van der Waals surface area contributed by atoms with Gasteiger partial charge in [0.25, 0.3) is 5.91 Å². The number of amides is 1. The lowest BCUT2D eigenvalue weighted by Gasteiger charge is -2.01. The van der Waals surface area contributed by atoms with Crippen LogP contribution in [0, 0.1) is 23.0 Å². The minimum Gasteiger partial charge on any atom is -0.298 e. The maximum Gasteiger partial charge on any atom is 0.257 e. The van der Waals surface area contributed by atoms with Gasteiger partial charge in [0.2, 0.25) is 0 Å². The van der Waals surface area contributed by atoms with Crippen molar-refractivity contribution in [3.8, 4) is 6.07 Å². The molecule has 0 unspecified atom stereocenters. The maximum absolute atomic E-state index is 13.6. The fraction of sp³-hybridized carbons (Fsp3) is 0. The van der Waals surface area contributed by atoms with E-state index in [0.717, 1.165) is 23.5 Å². The highest BCUT2D eigenvalue weighted by atomic mass is 32.1. The second-order valence-corrected chi connectivity index (χ2v) is 5.43. The van der Waals surface area contributed by atoms with E-state index in [4.69, 9.17) is 5.26 Å². The SMILES string of the molecule is N#Cc1ccc(C(=O)Nc2nc3c(F)cc(F)cc3s2)cc1. The molecule has 22 heavy (non-hydrogen) atoms. The van der Waals surface area contributed by atoms with Crippen LogP contribution in [-0.4, -0.2) is 10.9 Å². The van der Waals surface area contributed by atoms with Gasteiger partial charge in [-0.3, -0.25) is 10.1 Å². The van der Waals surface area contributed by atoms with Crippen molar-refractivity contribution in [2.75, 3.05) is 5.32 Å². The van der Waals surface area contributed by atoms with Crippen molar-refractivity contribution in [3.63, 3.8) is 0 Å². The quantitative estimate of drug-likeness (QED) is 0.784. The Morgan fingerprint density at radius 1 is 1.23 bits per heavy atom. The molecule has 0 fully saturated rings. The number of nitrogens with zero attached hydrogens (tertiary/aromatic N) is 2. The molecule has 0 atom stereocenters. The molecule has 1 N–H and O–H groups in total. The molecule has 3 rings (SSSR count). The van der Waals surface area contributed by atoms with E-state index in [1.807, 2.05) is 6.07 Å². The number of carbonyl (C=O) groups is 1. The first kappa shape index (κ1) is 14.1. The third-order valence-electron chi connectivity index (χ3n) is 2.91. The largest absolute Gasteiger partial charge is 0.298 e. The zero-order valence-corrected chi connectivity index (χ0v) is 11.7. The summed E-state index contributed by atoms with van der Waals surface area (Å²) in [7, 11) is 0. The molecule has 1 amide bonds. The van der Waals surface area contributed by atoms with Crippen LogP contribution in [0.4, 0.5) is 13.9 Å². The first-order valence-corrected chi connectivity index (χ1v) is 6.95. The van der Waals surface area contributed by atoms with Gasteiger partial charge in [0.05, 0.1) is 16.3 Å². The first-order valence-electron chi connectivity index (χ1n) is 6.14. The molecule has 0 radical (unpaired) electrons. The molecule has 7 heteroatoms. The van der Waals surface area contributed by atoms with Crippen molar-refractivity contribution in [1.29, 1.82) is 5.26 Å². The van der Waals surface area contributed by atoms with Crippen LogP contribution in [0.15, 0.2) is 36.4 Å². The number of anilines is 1. The van der Waals surface area contributed by atoms with Crippen LogP contribution in [-0.2, 0) is 0 Å². The van der Waals surface area contributed by atoms with E-state index < -0.39 is 17.5 Å². The average Bonchev–Trinajstić information content (AvgIpc) is 2.90. The van der Waals surface area contributed by atoms with Crippen LogP contribution < -0.4 is 5.32 Å². The van der Waals surface area contributed by atoms with E-state index >= 15 is 0 Å². The van der Waals surface area contributed by atoms with Crippen molar-refractivity contribution in [2.24, 2.45) is 0 Å². The summed E-state index contributed by atoms with van der Waals surface area (Å²) in [5.41, 5.74) is 0.792. The van der Waals surface area contributed by atoms with Crippen molar-refractivity contribution in [2.45, 2.75) is 0 Å². The molecule has 4 nitrogen and oxygen atoms in total. The third-order valence-corrected chi connectivity index (χ3v) is 3.83. The predicted molar refractivity (Wildman–Crippen MR) is 78.6 cm³/mol. The van der Waals surface area contributed by atoms with Gasteiger partial charge < -0.3 is 0 Å². The summed E-state index contributed by atoms with van der Waals surface area (Å²) in [6.07, 6.45) is 0. The maximum atomic E-state index is 13.6. The van der Waals surface area contributed by atoms with Crippen LogP contribution >= 0.6 is 11.3 Å². The Bertz CT molecular complexity index is 913. The summed E-state index contributed by atoms with van der Waals surface area (Å²) >= 11 is 0.981. The third kappa shape index (κ3) is 2.64. The molecule has 0 aliphatic carbocycles. The number of thiazole rings is 1. The van der Waals surface area contributed by atoms with E-state index in [1.54, 1.807) is 0 Å². The molecule has 2 aromatic carbocycles. The van der Waals surface area contributed by atoms with Gasteiger partial charge in [0, 0.05) is 11.6 Å². The van der Waals surface area contributed by atoms with Crippen LogP contribution in [0.5, 0.6) is 0 Å². The highest BCUT2D eigenvalue weighted by molar-refractivity contribution is 7.22. The average molecular weight is 315 g/mol. The number of hydrogen-bond acceptors (Lipinski definition) is 4. The zero-order valence-electron chi connectivity index (χ0n) is 10.9. The van der Waals surface area contributed by atoms with Gasteiger partial charge in [-0.2, -0.15) is 5.26 Å². The standard InChI is InChI=1S/C15H7F2N3OS/c16-10-5-11(17)13-12(6-10)22-15(19-13)20-14(21)9-3-1-8(7-18)2-4-9/h1-6H,(H,19,20,21). The lowest BCUT2D eigenvalue weighted by molar-refractivity contribution is 0.102. The van der Waals surface area contributed by atoms with E-state index in [0.29, 0.717) is 15.8 Å². The van der Waals surface area contributed by atoms with Gasteiger partial charge in [0.1, 0.15) is 11.3 Å². The van der Waals surface area contributed by atoms with Crippen LogP contribution in [0.3, 0.4) is 0 Å². The first-order chi connectivity index (χ1) is 10.6. The minimum atomic E-state index is -0.773. The number of nitrogens with one attached hydrogen (secondary N) is 1. The molecule has 1 aromatic heterocycles. The number of rotatable bonds is 2. The lowest BCUT2D eigenvalue weighted by Crippen LogP contribution is -2.11. The summed E-state index contributed by atoms with van der Waals surface area (Å²) < 4.78 is 27.0. The van der Waals surface area contributed by atoms with Crippen molar-refractivity contribution >= 4 is 32.6 Å². The molecular formula is C15H7F2N3OS. The Balaban J connectivity index is 1.87. The van der Waals surface area contributed by atoms with Gasteiger partial charge in [-0.1, -0.05) is 11.3 Å². The summed E-state index contributed by atoms with van der Waals surface area (Å²) in [4.78, 5) is 16.0. The number of nitriles is 1. The number of fused-ring (bicyclic) bond motifs is 1. The molecule has 0 spiro atoms. The number of aromatic nitrogens is 1. The molecule has 1 heterocycles. The highest BCUT2D eigenvalue weighted by Crippen LogP contribution is 2.28. The van der Waals surface area contributed by atoms with Crippen molar-refractivity contribution in [1.82, 2.24) is 4.98 Å². The molecule has 0 aliphatic heterocycles. The number of carbonyl (C=O) groups excluding carboxylic acids is 1. The summed E-state index contributed by atoms with van der Waals surface area (Å²) in [6, 6.07) is 9.89. The van der Waals surface area contributed by atoms with E-state index in [9.17, 15) is 13.6 Å². The van der Waals surface area contributed by atoms with Crippen LogP contribution in [0.1, 0.15) is 15.9 Å². The Kier molecular flexibility index (Phi) is 3.53. The lowest BCUT2D eigenvalue weighted by atomic mass is 10.1. The Morgan fingerprint density at radius 2 is 1.95 bits per heavy atom. The summed E-state index contributed by atoms with van der Waals surface area (Å²) in [5.74, 6) is -1.91. The van der Waals surface area contributed by atoms with E-state index in [1.165, 1.54) is 24.3 Å². The molecule has 0 saturated carbocycles. The Hall–Kier alpha value is -2.85. The minimum absolute atomic E-state index is 0.0153. The molecular weight excluding hydrogens is 308 g/mol. The van der Waals surface area contributed by atoms with Crippen LogP contribution in [0.25, 0.3) is 10.2 Å². The number of halogens is 2. The Labute approximate surface area is 127 Å². The van der Waals surface area contributed by atoms with Gasteiger partial charge in [-0.05, 0) is 30.3 Å². The van der Waals surface area contributed by atoms with Gasteiger partial charge in [0.15, 0.2) is 10.9 Å². The summed E-state index contributed by atoms with van der Waals surface area (Å²) in [5, 5.41) is 11.4. The molecule has 0 saturated heterocycles. The van der Waals surface area contributed by atoms with Crippen molar-refractivity contribution in [3.05, 3.63) is 59.2 Å². The molecule has 3 aromatic rings.